The van der Waals surface area contributed by atoms with Crippen molar-refractivity contribution in [2.24, 2.45) is 0 Å². The molecule has 4 heterocycles. The largest absolute Gasteiger partial charge is 0.360 e. The fourth-order valence-electron chi connectivity index (χ4n) is 4.02. The molecule has 26 heavy (non-hydrogen) atoms. The minimum atomic E-state index is -0.543. The number of rotatable bonds is 4. The monoisotopic (exact) mass is 358 g/mol. The van der Waals surface area contributed by atoms with Gasteiger partial charge in [0.05, 0.1) is 12.2 Å². The van der Waals surface area contributed by atoms with Gasteiger partial charge in [-0.3, -0.25) is 14.4 Å². The third-order valence-electron chi connectivity index (χ3n) is 5.49. The van der Waals surface area contributed by atoms with Crippen LogP contribution in [0.2, 0.25) is 0 Å². The third kappa shape index (κ3) is 3.26. The predicted molar refractivity (Wildman–Crippen MR) is 95.4 cm³/mol. The van der Waals surface area contributed by atoms with E-state index in [2.05, 4.69) is 20.5 Å². The highest BCUT2D eigenvalue weighted by molar-refractivity contribution is 5.84. The zero-order valence-electron chi connectivity index (χ0n) is 15.2. The Morgan fingerprint density at radius 3 is 2.65 bits per heavy atom. The third-order valence-corrected chi connectivity index (χ3v) is 5.49. The maximum atomic E-state index is 13.4. The van der Waals surface area contributed by atoms with Crippen molar-refractivity contribution < 1.29 is 9.32 Å². The second kappa shape index (κ2) is 7.20. The number of aromatic nitrogens is 3. The van der Waals surface area contributed by atoms with E-state index in [1.54, 1.807) is 6.20 Å². The molecule has 0 saturated carbocycles. The number of nitrogens with one attached hydrogen (secondary N) is 1. The van der Waals surface area contributed by atoms with Crippen molar-refractivity contribution in [3.8, 4) is 0 Å². The maximum absolute atomic E-state index is 13.4. The molecule has 1 amide bonds. The topological polar surface area (TPSA) is 79.4 Å². The van der Waals surface area contributed by atoms with E-state index in [-0.39, 0.29) is 5.91 Å². The second-order valence-electron chi connectivity index (χ2n) is 7.24. The van der Waals surface area contributed by atoms with Gasteiger partial charge < -0.3 is 14.7 Å². The summed E-state index contributed by atoms with van der Waals surface area (Å²) >= 11 is 0. The Hall–Kier alpha value is -2.19. The van der Waals surface area contributed by atoms with Gasteiger partial charge in [0.2, 0.25) is 0 Å². The van der Waals surface area contributed by atoms with Crippen molar-refractivity contribution in [3.63, 3.8) is 0 Å². The summed E-state index contributed by atoms with van der Waals surface area (Å²) in [5.74, 6) is 1.09. The molecule has 4 rings (SSSR count). The maximum Gasteiger partial charge on any atom is 0.250 e. The lowest BCUT2D eigenvalue weighted by Gasteiger charge is -2.43. The first-order valence-electron chi connectivity index (χ1n) is 9.32. The van der Waals surface area contributed by atoms with Crippen LogP contribution in [0.25, 0.3) is 0 Å². The number of nitrogens with zero attached hydrogens (tertiary/aromatic N) is 5. The summed E-state index contributed by atoms with van der Waals surface area (Å²) in [4.78, 5) is 17.8. The molecule has 8 nitrogen and oxygen atoms in total. The van der Waals surface area contributed by atoms with Gasteiger partial charge in [0.25, 0.3) is 5.91 Å². The lowest BCUT2D eigenvalue weighted by atomic mass is 9.86. The summed E-state index contributed by atoms with van der Waals surface area (Å²) in [5.41, 5.74) is 0.361. The molecular weight excluding hydrogens is 332 g/mol. The average Bonchev–Trinajstić information content (AvgIpc) is 3.35. The van der Waals surface area contributed by atoms with Crippen molar-refractivity contribution in [2.75, 3.05) is 39.3 Å². The molecule has 2 saturated heterocycles. The predicted octanol–water partition coefficient (Wildman–Crippen LogP) is 0.603. The molecule has 2 aromatic rings. The Kier molecular flexibility index (Phi) is 4.78. The van der Waals surface area contributed by atoms with Crippen LogP contribution in [0.5, 0.6) is 0 Å². The van der Waals surface area contributed by atoms with Crippen LogP contribution in [-0.4, -0.2) is 69.9 Å². The number of piperidine rings is 1. The van der Waals surface area contributed by atoms with Crippen molar-refractivity contribution >= 4 is 5.91 Å². The van der Waals surface area contributed by atoms with E-state index in [0.29, 0.717) is 0 Å². The van der Waals surface area contributed by atoms with E-state index in [1.165, 1.54) is 0 Å². The molecule has 0 bridgehead atoms. The van der Waals surface area contributed by atoms with Gasteiger partial charge in [-0.1, -0.05) is 5.16 Å². The molecule has 140 valence electrons. The molecule has 0 aromatic carbocycles. The minimum absolute atomic E-state index is 0.206. The van der Waals surface area contributed by atoms with Gasteiger partial charge in [-0.15, -0.1) is 0 Å². The molecule has 0 radical (unpaired) electrons. The Morgan fingerprint density at radius 2 is 2.04 bits per heavy atom. The normalized spacial score (nSPS) is 21.0. The first kappa shape index (κ1) is 17.2. The summed E-state index contributed by atoms with van der Waals surface area (Å²) < 4.78 is 7.19. The van der Waals surface area contributed by atoms with E-state index in [1.807, 2.05) is 34.8 Å². The average molecular weight is 358 g/mol. The highest BCUT2D eigenvalue weighted by Crippen LogP contribution is 2.30. The van der Waals surface area contributed by atoms with Crippen LogP contribution in [0.1, 0.15) is 24.3 Å². The first-order valence-corrected chi connectivity index (χ1v) is 9.32. The molecule has 8 heteroatoms. The molecule has 0 aliphatic carbocycles. The lowest BCUT2D eigenvalue weighted by Crippen LogP contribution is -2.59. The number of hydrogen-bond donors (Lipinski definition) is 1. The van der Waals surface area contributed by atoms with Gasteiger partial charge in [0.1, 0.15) is 5.54 Å². The summed E-state index contributed by atoms with van der Waals surface area (Å²) in [7, 11) is 0. The molecule has 0 atom stereocenters. The smallest absolute Gasteiger partial charge is 0.250 e. The lowest BCUT2D eigenvalue weighted by molar-refractivity contribution is -0.145. The molecule has 1 N–H and O–H groups in total. The van der Waals surface area contributed by atoms with E-state index < -0.39 is 5.54 Å². The van der Waals surface area contributed by atoms with Gasteiger partial charge in [0.15, 0.2) is 5.76 Å². The quantitative estimate of drug-likeness (QED) is 0.862. The van der Waals surface area contributed by atoms with Gasteiger partial charge in [-0.2, -0.15) is 5.10 Å². The number of hydrogen-bond acceptors (Lipinski definition) is 6. The van der Waals surface area contributed by atoms with Crippen LogP contribution in [0, 0.1) is 6.92 Å². The zero-order valence-corrected chi connectivity index (χ0v) is 15.2. The number of carbonyl (C=O) groups is 1. The van der Waals surface area contributed by atoms with Crippen molar-refractivity contribution in [1.29, 1.82) is 0 Å². The first-order chi connectivity index (χ1) is 12.7. The van der Waals surface area contributed by atoms with Crippen LogP contribution < -0.4 is 5.32 Å². The summed E-state index contributed by atoms with van der Waals surface area (Å²) in [6.45, 7) is 7.53. The van der Waals surface area contributed by atoms with E-state index >= 15 is 0 Å². The summed E-state index contributed by atoms with van der Waals surface area (Å²) in [6, 6.07) is 3.87. The summed E-state index contributed by atoms with van der Waals surface area (Å²) in [5, 5.41) is 11.7. The Balaban J connectivity index is 1.42. The van der Waals surface area contributed by atoms with Crippen LogP contribution in [-0.2, 0) is 16.9 Å². The van der Waals surface area contributed by atoms with Crippen molar-refractivity contribution in [3.05, 3.63) is 36.0 Å². The summed E-state index contributed by atoms with van der Waals surface area (Å²) in [6.07, 6.45) is 5.25. The SMILES string of the molecule is Cc1cc(CN2CCN(C(=O)C3(n4cccn4)CCNCC3)CC2)on1. The Bertz CT molecular complexity index is 727. The van der Waals surface area contributed by atoms with Crippen LogP contribution in [0.3, 0.4) is 0 Å². The molecule has 2 aliphatic heterocycles. The Labute approximate surface area is 153 Å². The molecule has 0 unspecified atom stereocenters. The van der Waals surface area contributed by atoms with E-state index in [9.17, 15) is 4.79 Å². The van der Waals surface area contributed by atoms with Gasteiger partial charge in [-0.05, 0) is 38.9 Å². The molecular formula is C18H26N6O2. The van der Waals surface area contributed by atoms with E-state index in [4.69, 9.17) is 4.52 Å². The van der Waals surface area contributed by atoms with Crippen molar-refractivity contribution in [2.45, 2.75) is 31.8 Å². The highest BCUT2D eigenvalue weighted by Gasteiger charge is 2.44. The van der Waals surface area contributed by atoms with Crippen molar-refractivity contribution in [1.82, 2.24) is 30.1 Å². The minimum Gasteiger partial charge on any atom is -0.360 e. The molecule has 2 fully saturated rings. The van der Waals surface area contributed by atoms with Gasteiger partial charge >= 0.3 is 0 Å². The van der Waals surface area contributed by atoms with Crippen LogP contribution in [0.4, 0.5) is 0 Å². The zero-order chi connectivity index (χ0) is 18.0. The fraction of sp³-hybridized carbons (Fsp3) is 0.611. The van der Waals surface area contributed by atoms with Gasteiger partial charge in [0, 0.05) is 44.6 Å². The van der Waals surface area contributed by atoms with Crippen LogP contribution in [0.15, 0.2) is 29.0 Å². The number of carbonyl (C=O) groups excluding carboxylic acids is 1. The fourth-order valence-corrected chi connectivity index (χ4v) is 4.02. The van der Waals surface area contributed by atoms with Gasteiger partial charge in [-0.25, -0.2) is 0 Å². The second-order valence-corrected chi connectivity index (χ2v) is 7.24. The van der Waals surface area contributed by atoms with Crippen LogP contribution >= 0.6 is 0 Å². The molecule has 2 aliphatic rings. The molecule has 2 aromatic heterocycles. The number of aryl methyl sites for hydroxylation is 1. The number of piperazine rings is 1. The number of amides is 1. The Morgan fingerprint density at radius 1 is 1.27 bits per heavy atom. The van der Waals surface area contributed by atoms with E-state index in [0.717, 1.165) is 70.1 Å². The standard InChI is InChI=1S/C18H26N6O2/c1-15-13-16(26-21-15)14-22-9-11-23(12-10-22)17(25)18(3-6-19-7-4-18)24-8-2-5-20-24/h2,5,8,13,19H,3-4,6-7,9-12,14H2,1H3. The highest BCUT2D eigenvalue weighted by atomic mass is 16.5. The molecule has 0 spiro atoms.